The highest BCUT2D eigenvalue weighted by atomic mass is 35.5. The van der Waals surface area contributed by atoms with E-state index in [-0.39, 0.29) is 22.9 Å². The number of thiazole rings is 1. The van der Waals surface area contributed by atoms with E-state index in [0.717, 1.165) is 12.3 Å². The maximum atomic E-state index is 14.0. The van der Waals surface area contributed by atoms with E-state index >= 15 is 0 Å². The Morgan fingerprint density at radius 3 is 2.51 bits per heavy atom. The van der Waals surface area contributed by atoms with Gasteiger partial charge in [0.1, 0.15) is 22.2 Å². The van der Waals surface area contributed by atoms with Crippen molar-refractivity contribution in [1.29, 1.82) is 0 Å². The monoisotopic (exact) mass is 610 g/mol. The number of aromatic nitrogens is 5. The summed E-state index contributed by atoms with van der Waals surface area (Å²) in [5, 5.41) is 4.83. The summed E-state index contributed by atoms with van der Waals surface area (Å²) in [6, 6.07) is 6.43. The molecule has 0 fully saturated rings. The van der Waals surface area contributed by atoms with Crippen LogP contribution in [-0.2, 0) is 23.5 Å². The molecule has 0 amide bonds. The van der Waals surface area contributed by atoms with E-state index in [0.29, 0.717) is 37.0 Å². The largest absolute Gasteiger partial charge is 0.277 e. The second-order valence-corrected chi connectivity index (χ2v) is 13.2. The number of halogens is 3. The Labute approximate surface area is 234 Å². The Morgan fingerprint density at radius 1 is 1.18 bits per heavy atom. The lowest BCUT2D eigenvalue weighted by molar-refractivity contribution is 0.575. The van der Waals surface area contributed by atoms with Crippen molar-refractivity contribution in [2.24, 2.45) is 7.05 Å². The van der Waals surface area contributed by atoms with Gasteiger partial charge < -0.3 is 0 Å². The molecule has 15 heteroatoms. The fraction of sp³-hybridized carbons (Fsp3) is 0.250. The summed E-state index contributed by atoms with van der Waals surface area (Å²) in [6.45, 7) is 1.79. The standard InChI is InChI=1S/C24H21ClF2N6O3S3/c1-11(7-12-8-13(26)10-14(27)9-12)22-28-21-19(38-24(29-21)37-3)23(34)33(22)16-6-5-15(25)17-18(16)32(2)30-20(17)31-39(4,35)36/h5-6,8-11H,7H2,1-4H3,(H,30,31)/t11-/m0/s1. The summed E-state index contributed by atoms with van der Waals surface area (Å²) in [7, 11) is -2.08. The molecule has 204 valence electrons. The zero-order chi connectivity index (χ0) is 28.2. The average Bonchev–Trinajstić information content (AvgIpc) is 3.39. The van der Waals surface area contributed by atoms with Gasteiger partial charge in [-0.3, -0.25) is 18.8 Å². The predicted octanol–water partition coefficient (Wildman–Crippen LogP) is 5.10. The number of hydrogen-bond donors (Lipinski definition) is 1. The zero-order valence-corrected chi connectivity index (χ0v) is 24.2. The summed E-state index contributed by atoms with van der Waals surface area (Å²) < 4.78 is 58.0. The Bertz CT molecular complexity index is 1920. The number of nitrogens with zero attached hydrogens (tertiary/aromatic N) is 5. The van der Waals surface area contributed by atoms with Gasteiger partial charge >= 0.3 is 0 Å². The molecule has 39 heavy (non-hydrogen) atoms. The molecule has 0 bridgehead atoms. The number of aryl methyl sites for hydroxylation is 1. The van der Waals surface area contributed by atoms with Crippen molar-refractivity contribution >= 4 is 71.8 Å². The minimum atomic E-state index is -3.69. The van der Waals surface area contributed by atoms with Crippen molar-refractivity contribution in [2.75, 3.05) is 17.2 Å². The van der Waals surface area contributed by atoms with E-state index in [9.17, 15) is 22.0 Å². The highest BCUT2D eigenvalue weighted by molar-refractivity contribution is 8.00. The number of sulfonamides is 1. The normalized spacial score (nSPS) is 12.9. The summed E-state index contributed by atoms with van der Waals surface area (Å²) in [5.41, 5.74) is 1.01. The third kappa shape index (κ3) is 5.25. The van der Waals surface area contributed by atoms with Crippen LogP contribution in [0.25, 0.3) is 26.9 Å². The third-order valence-corrected chi connectivity index (χ3v) is 8.85. The van der Waals surface area contributed by atoms with Crippen LogP contribution in [0.2, 0.25) is 5.02 Å². The van der Waals surface area contributed by atoms with Gasteiger partial charge in [0.05, 0.1) is 27.9 Å². The number of fused-ring (bicyclic) bond motifs is 2. The first-order valence-electron chi connectivity index (χ1n) is 11.4. The van der Waals surface area contributed by atoms with E-state index in [1.54, 1.807) is 26.1 Å². The zero-order valence-electron chi connectivity index (χ0n) is 21.0. The van der Waals surface area contributed by atoms with Gasteiger partial charge in [0.2, 0.25) is 10.0 Å². The van der Waals surface area contributed by atoms with Gasteiger partial charge in [-0.2, -0.15) is 5.10 Å². The van der Waals surface area contributed by atoms with Gasteiger partial charge in [0.25, 0.3) is 5.56 Å². The van der Waals surface area contributed by atoms with Crippen molar-refractivity contribution in [3.05, 3.63) is 68.7 Å². The van der Waals surface area contributed by atoms with Crippen LogP contribution in [0.3, 0.4) is 0 Å². The number of hydrogen-bond acceptors (Lipinski definition) is 8. The number of thioether (sulfide) groups is 1. The molecule has 0 aliphatic heterocycles. The molecule has 0 unspecified atom stereocenters. The van der Waals surface area contributed by atoms with Crippen LogP contribution in [0.1, 0.15) is 24.2 Å². The first-order valence-corrected chi connectivity index (χ1v) is 15.7. The molecule has 2 aromatic carbocycles. The smallest absolute Gasteiger partial charge is 0.267 e. The van der Waals surface area contributed by atoms with Crippen LogP contribution >= 0.6 is 34.7 Å². The maximum absolute atomic E-state index is 14.0. The van der Waals surface area contributed by atoms with Crippen LogP contribution < -0.4 is 10.3 Å². The minimum absolute atomic E-state index is 0.0104. The van der Waals surface area contributed by atoms with E-state index in [1.165, 1.54) is 44.5 Å². The molecule has 3 heterocycles. The third-order valence-electron chi connectivity index (χ3n) is 5.96. The van der Waals surface area contributed by atoms with E-state index in [4.69, 9.17) is 16.6 Å². The van der Waals surface area contributed by atoms with Gasteiger partial charge in [-0.25, -0.2) is 27.2 Å². The molecule has 9 nitrogen and oxygen atoms in total. The molecule has 5 aromatic rings. The van der Waals surface area contributed by atoms with Gasteiger partial charge in [-0.15, -0.1) is 11.3 Å². The summed E-state index contributed by atoms with van der Waals surface area (Å²) in [6.07, 6.45) is 3.01. The number of anilines is 1. The highest BCUT2D eigenvalue weighted by Gasteiger charge is 2.25. The summed E-state index contributed by atoms with van der Waals surface area (Å²) >= 11 is 9.07. The lowest BCUT2D eigenvalue weighted by atomic mass is 9.99. The van der Waals surface area contributed by atoms with Crippen LogP contribution in [-0.4, -0.2) is 45.2 Å². The SMILES string of the molecule is CSc1nc2nc([C@@H](C)Cc3cc(F)cc(F)c3)n(-c3ccc(Cl)c4c(NS(C)(=O)=O)nn(C)c34)c(=O)c2s1. The van der Waals surface area contributed by atoms with Gasteiger partial charge in [0.15, 0.2) is 15.8 Å². The minimum Gasteiger partial charge on any atom is -0.267 e. The Morgan fingerprint density at radius 2 is 1.87 bits per heavy atom. The molecule has 5 rings (SSSR count). The van der Waals surface area contributed by atoms with Crippen LogP contribution in [0.4, 0.5) is 14.6 Å². The van der Waals surface area contributed by atoms with E-state index < -0.39 is 33.1 Å². The molecule has 0 saturated carbocycles. The van der Waals surface area contributed by atoms with Crippen molar-refractivity contribution in [3.8, 4) is 5.69 Å². The summed E-state index contributed by atoms with van der Waals surface area (Å²) in [4.78, 5) is 23.2. The van der Waals surface area contributed by atoms with Gasteiger partial charge in [-0.1, -0.05) is 30.3 Å². The molecule has 0 spiro atoms. The van der Waals surface area contributed by atoms with Crippen molar-refractivity contribution in [2.45, 2.75) is 23.6 Å². The molecule has 3 aromatic heterocycles. The molecule has 0 aliphatic carbocycles. The van der Waals surface area contributed by atoms with Crippen molar-refractivity contribution < 1.29 is 17.2 Å². The first-order chi connectivity index (χ1) is 18.4. The average molecular weight is 611 g/mol. The van der Waals surface area contributed by atoms with Crippen LogP contribution in [0, 0.1) is 11.6 Å². The van der Waals surface area contributed by atoms with E-state index in [1.807, 2.05) is 6.26 Å². The quantitative estimate of drug-likeness (QED) is 0.255. The molecule has 0 radical (unpaired) electrons. The molecular weight excluding hydrogens is 590 g/mol. The van der Waals surface area contributed by atoms with E-state index in [2.05, 4.69) is 14.8 Å². The van der Waals surface area contributed by atoms with Crippen molar-refractivity contribution in [3.63, 3.8) is 0 Å². The van der Waals surface area contributed by atoms with Gasteiger partial charge in [-0.05, 0) is 42.5 Å². The second-order valence-electron chi connectivity index (χ2n) is 8.97. The highest BCUT2D eigenvalue weighted by Crippen LogP contribution is 2.36. The van der Waals surface area contributed by atoms with Gasteiger partial charge in [0, 0.05) is 19.0 Å². The fourth-order valence-corrected chi connectivity index (χ4v) is 6.65. The predicted molar refractivity (Wildman–Crippen MR) is 151 cm³/mol. The number of rotatable bonds is 7. The van der Waals surface area contributed by atoms with Crippen molar-refractivity contribution in [1.82, 2.24) is 24.3 Å². The second kappa shape index (κ2) is 10.2. The maximum Gasteiger partial charge on any atom is 0.277 e. The summed E-state index contributed by atoms with van der Waals surface area (Å²) in [5.74, 6) is -1.59. The van der Waals surface area contributed by atoms with Crippen LogP contribution in [0.15, 0.2) is 39.5 Å². The Balaban J connectivity index is 1.80. The lowest BCUT2D eigenvalue weighted by Gasteiger charge is -2.19. The number of nitrogens with one attached hydrogen (secondary N) is 1. The molecule has 1 atom stereocenters. The molecule has 1 N–H and O–H groups in total. The molecule has 0 saturated heterocycles. The molecular formula is C24H21ClF2N6O3S3. The Kier molecular flexibility index (Phi) is 7.16. The number of benzene rings is 2. The molecule has 0 aliphatic rings. The fourth-order valence-electron chi connectivity index (χ4n) is 4.48. The Hall–Kier alpha value is -3.07. The lowest BCUT2D eigenvalue weighted by Crippen LogP contribution is -2.26. The van der Waals surface area contributed by atoms with Crippen LogP contribution in [0.5, 0.6) is 0 Å². The first kappa shape index (κ1) is 27.5. The topological polar surface area (TPSA) is 112 Å².